The molecule has 15 heteroatoms. The third-order valence-electron chi connectivity index (χ3n) is 6.76. The number of rotatable bonds is 10. The van der Waals surface area contributed by atoms with E-state index in [1.807, 2.05) is 0 Å². The molecule has 1 saturated carbocycles. The number of pyridine rings is 1. The zero-order valence-electron chi connectivity index (χ0n) is 23.0. The highest BCUT2D eigenvalue weighted by atomic mass is 19.4. The van der Waals surface area contributed by atoms with Gasteiger partial charge in [-0.15, -0.1) is 0 Å². The van der Waals surface area contributed by atoms with Gasteiger partial charge in [-0.2, -0.15) is 27.1 Å². The number of aromatic nitrogens is 3. The maximum Gasteiger partial charge on any atom is 0.435 e. The lowest BCUT2D eigenvalue weighted by atomic mass is 10.0. The van der Waals surface area contributed by atoms with E-state index in [1.165, 1.54) is 39.4 Å². The van der Waals surface area contributed by atoms with E-state index in [4.69, 9.17) is 0 Å². The zero-order valence-corrected chi connectivity index (χ0v) is 23.0. The van der Waals surface area contributed by atoms with Crippen molar-refractivity contribution < 1.29 is 35.9 Å². The van der Waals surface area contributed by atoms with Gasteiger partial charge < -0.3 is 20.1 Å². The van der Waals surface area contributed by atoms with Crippen LogP contribution < -0.4 is 16.2 Å². The van der Waals surface area contributed by atoms with Crippen molar-refractivity contribution in [2.75, 3.05) is 6.54 Å². The molecule has 2 aliphatic rings. The highest BCUT2D eigenvalue weighted by Crippen LogP contribution is 2.33. The highest BCUT2D eigenvalue weighted by molar-refractivity contribution is 5.90. The lowest BCUT2D eigenvalue weighted by Crippen LogP contribution is -2.55. The summed E-state index contributed by atoms with van der Waals surface area (Å²) in [6.07, 6.45) is 1.83. The van der Waals surface area contributed by atoms with Gasteiger partial charge in [-0.3, -0.25) is 19.1 Å². The molecule has 1 fully saturated rings. The lowest BCUT2D eigenvalue weighted by molar-refractivity contribution is -0.141. The predicted molar refractivity (Wildman–Crippen MR) is 139 cm³/mol. The number of hydrogen-bond acceptors (Lipinski definition) is 5. The van der Waals surface area contributed by atoms with E-state index in [0.717, 1.165) is 20.2 Å². The van der Waals surface area contributed by atoms with Gasteiger partial charge in [-0.1, -0.05) is 12.2 Å². The van der Waals surface area contributed by atoms with E-state index in [-0.39, 0.29) is 42.6 Å². The molecule has 0 aromatic carbocycles. The summed E-state index contributed by atoms with van der Waals surface area (Å²) in [5.41, 5.74) is -3.32. The Balaban J connectivity index is 1.59. The average molecular weight is 601 g/mol. The van der Waals surface area contributed by atoms with Gasteiger partial charge in [0.1, 0.15) is 6.04 Å². The fourth-order valence-electron chi connectivity index (χ4n) is 4.53. The Labute approximate surface area is 236 Å². The van der Waals surface area contributed by atoms with E-state index in [0.29, 0.717) is 24.5 Å². The summed E-state index contributed by atoms with van der Waals surface area (Å²) in [5, 5.41) is 9.01. The maximum atomic E-state index is 14.2. The molecule has 1 atom stereocenters. The number of aryl methyl sites for hydroxylation is 1. The van der Waals surface area contributed by atoms with Gasteiger partial charge in [-0.25, -0.2) is 4.39 Å². The summed E-state index contributed by atoms with van der Waals surface area (Å²) in [6.45, 7) is -0.0702. The van der Waals surface area contributed by atoms with Crippen molar-refractivity contribution in [1.82, 2.24) is 29.9 Å². The molecule has 42 heavy (non-hydrogen) atoms. The number of carbonyl (C=O) groups excluding carboxylic acids is 2. The molecule has 2 aromatic heterocycles. The quantitative estimate of drug-likeness (QED) is 0.321. The van der Waals surface area contributed by atoms with E-state index < -0.39 is 47.3 Å². The normalized spacial score (nSPS) is 16.4. The third-order valence-corrected chi connectivity index (χ3v) is 6.76. The van der Waals surface area contributed by atoms with Gasteiger partial charge in [0.2, 0.25) is 11.8 Å². The van der Waals surface area contributed by atoms with Crippen LogP contribution in [0.5, 0.6) is 0 Å². The molecule has 2 amide bonds. The predicted octanol–water partition coefficient (Wildman–Crippen LogP) is 3.56. The van der Waals surface area contributed by atoms with Crippen LogP contribution in [0.15, 0.2) is 47.0 Å². The van der Waals surface area contributed by atoms with E-state index >= 15 is 0 Å². The first-order chi connectivity index (χ1) is 19.5. The molecular weight excluding hydrogens is 570 g/mol. The van der Waals surface area contributed by atoms with Crippen LogP contribution in [0.1, 0.15) is 38.8 Å². The molecule has 1 unspecified atom stereocenters. The number of carbonyl (C=O) groups is 2. The van der Waals surface area contributed by atoms with Gasteiger partial charge in [0.15, 0.2) is 11.5 Å². The lowest BCUT2D eigenvalue weighted by Gasteiger charge is -2.30. The summed E-state index contributed by atoms with van der Waals surface area (Å²) in [4.78, 5) is 38.5. The highest BCUT2D eigenvalue weighted by Gasteiger charge is 2.37. The van der Waals surface area contributed by atoms with Crippen molar-refractivity contribution in [3.63, 3.8) is 0 Å². The van der Waals surface area contributed by atoms with E-state index in [2.05, 4.69) is 15.7 Å². The van der Waals surface area contributed by atoms with Crippen LogP contribution in [0, 0.1) is 11.7 Å². The Bertz CT molecular complexity index is 1450. The Hall–Kier alpha value is -4.04. The first-order valence-corrected chi connectivity index (χ1v) is 13.1. The van der Waals surface area contributed by atoms with Crippen LogP contribution in [-0.2, 0) is 29.4 Å². The summed E-state index contributed by atoms with van der Waals surface area (Å²) in [7, 11) is 1.25. The van der Waals surface area contributed by atoms with E-state index in [1.54, 1.807) is 6.08 Å². The molecule has 4 rings (SSSR count). The Morgan fingerprint density at radius 1 is 1.17 bits per heavy atom. The number of hydrogen-bond donors (Lipinski definition) is 2. The first-order valence-electron chi connectivity index (χ1n) is 13.1. The fraction of sp³-hybridized carbons (Fsp3) is 0.481. The van der Waals surface area contributed by atoms with Gasteiger partial charge in [0.25, 0.3) is 5.56 Å². The zero-order chi connectivity index (χ0) is 31.0. The SMILES string of the molecule is Cn1cc(-c2cc(C(F)(F)F)nn2CC(C)(C)NC(=O)C(CC2=CN(C(F)F)CC=C2)NC(=O)C2CC2)cc(F)c1=O. The number of halogens is 6. The summed E-state index contributed by atoms with van der Waals surface area (Å²) < 4.78 is 83.2. The van der Waals surface area contributed by atoms with Crippen LogP contribution in [-0.4, -0.2) is 55.7 Å². The molecule has 3 heterocycles. The minimum absolute atomic E-state index is 0.0227. The second-order valence-electron chi connectivity index (χ2n) is 11.1. The molecule has 228 valence electrons. The van der Waals surface area contributed by atoms with Crippen molar-refractivity contribution in [2.24, 2.45) is 13.0 Å². The molecule has 1 aliphatic carbocycles. The van der Waals surface area contributed by atoms with Crippen molar-refractivity contribution in [2.45, 2.75) is 64.0 Å². The fourth-order valence-corrected chi connectivity index (χ4v) is 4.53. The van der Waals surface area contributed by atoms with Crippen molar-refractivity contribution in [1.29, 1.82) is 0 Å². The van der Waals surface area contributed by atoms with Crippen LogP contribution in [0.3, 0.4) is 0 Å². The molecule has 1 aliphatic heterocycles. The van der Waals surface area contributed by atoms with Crippen LogP contribution in [0.4, 0.5) is 26.3 Å². The standard InChI is InChI=1S/C27H30F6N6O3/c1-26(2,14-39-20(11-21(36-39)27(31,32)33)17-10-18(28)24(42)37(3)13-17)35-23(41)19(34-22(40)16-6-7-16)9-15-5-4-8-38(12-15)25(29)30/h4-5,10-13,16,19,25H,6-9,14H2,1-3H3,(H,34,40)(H,35,41). The molecule has 0 spiro atoms. The monoisotopic (exact) mass is 600 g/mol. The largest absolute Gasteiger partial charge is 0.435 e. The second kappa shape index (κ2) is 11.7. The molecule has 2 aromatic rings. The number of alkyl halides is 5. The molecule has 0 saturated heterocycles. The van der Waals surface area contributed by atoms with Gasteiger partial charge in [0.05, 0.1) is 17.8 Å². The Morgan fingerprint density at radius 2 is 1.86 bits per heavy atom. The maximum absolute atomic E-state index is 14.2. The van der Waals surface area contributed by atoms with Gasteiger partial charge in [0, 0.05) is 43.9 Å². The molecule has 0 radical (unpaired) electrons. The van der Waals surface area contributed by atoms with Crippen molar-refractivity contribution >= 4 is 11.8 Å². The minimum Gasteiger partial charge on any atom is -0.348 e. The summed E-state index contributed by atoms with van der Waals surface area (Å²) in [6, 6.07) is 0.359. The molecule has 2 N–H and O–H groups in total. The number of allylic oxidation sites excluding steroid dienone is 1. The van der Waals surface area contributed by atoms with Crippen LogP contribution in [0.2, 0.25) is 0 Å². The topological polar surface area (TPSA) is 101 Å². The van der Waals surface area contributed by atoms with Gasteiger partial charge in [-0.05, 0) is 44.4 Å². The molecular formula is C27H30F6N6O3. The Morgan fingerprint density at radius 3 is 2.45 bits per heavy atom. The third kappa shape index (κ3) is 7.42. The van der Waals surface area contributed by atoms with Crippen molar-refractivity contribution in [3.05, 3.63) is 64.1 Å². The molecule has 0 bridgehead atoms. The number of nitrogens with zero attached hydrogens (tertiary/aromatic N) is 4. The summed E-state index contributed by atoms with van der Waals surface area (Å²) in [5.74, 6) is -2.47. The van der Waals surface area contributed by atoms with Crippen LogP contribution in [0.25, 0.3) is 11.3 Å². The Kier molecular flexibility index (Phi) is 8.60. The summed E-state index contributed by atoms with van der Waals surface area (Å²) >= 11 is 0. The van der Waals surface area contributed by atoms with Gasteiger partial charge >= 0.3 is 12.7 Å². The van der Waals surface area contributed by atoms with Crippen molar-refractivity contribution in [3.8, 4) is 11.3 Å². The average Bonchev–Trinajstić information content (AvgIpc) is 3.66. The minimum atomic E-state index is -4.84. The van der Waals surface area contributed by atoms with E-state index in [9.17, 15) is 40.7 Å². The number of amides is 2. The number of nitrogens with one attached hydrogen (secondary N) is 2. The molecule has 9 nitrogen and oxygen atoms in total. The smallest absolute Gasteiger partial charge is 0.348 e. The van der Waals surface area contributed by atoms with Crippen LogP contribution >= 0.6 is 0 Å². The first kappa shape index (κ1) is 30.9. The second-order valence-corrected chi connectivity index (χ2v) is 11.1.